The average molecular weight is 487 g/mol. The maximum absolute atomic E-state index is 14.1. The Bertz CT molecular complexity index is 1510. The van der Waals surface area contributed by atoms with Gasteiger partial charge in [0.2, 0.25) is 5.88 Å². The highest BCUT2D eigenvalue weighted by Crippen LogP contribution is 2.31. The maximum atomic E-state index is 14.1. The highest BCUT2D eigenvalue weighted by molar-refractivity contribution is 5.96. The van der Waals surface area contributed by atoms with Crippen molar-refractivity contribution in [1.29, 1.82) is 5.26 Å². The number of carbonyl (C=O) groups excluding carboxylic acids is 2. The van der Waals surface area contributed by atoms with Gasteiger partial charge >= 0.3 is 0 Å². The number of carbonyl (C=O) groups is 2. The first-order chi connectivity index (χ1) is 17.4. The summed E-state index contributed by atoms with van der Waals surface area (Å²) in [6.45, 7) is 2.33. The standard InChI is InChI=1S/C26H23FN6O3/c1-4-36-25-18(15-7-9-21(27)19(11-15)24(34)29-2)8-10-22(31-25)26(35)33(3)14-17-6-5-16(12-28)20-13-30-32-23(17)20/h5-11,13H,4,14H2,1-3H3,(H,29,34)(H,30,32). The van der Waals surface area contributed by atoms with Crippen molar-refractivity contribution in [3.8, 4) is 23.1 Å². The summed E-state index contributed by atoms with van der Waals surface area (Å²) in [6.07, 6.45) is 1.58. The van der Waals surface area contributed by atoms with Crippen LogP contribution in [0.25, 0.3) is 22.0 Å². The van der Waals surface area contributed by atoms with Crippen LogP contribution in [0.15, 0.2) is 48.7 Å². The fourth-order valence-corrected chi connectivity index (χ4v) is 3.87. The van der Waals surface area contributed by atoms with Crippen LogP contribution >= 0.6 is 0 Å². The van der Waals surface area contributed by atoms with E-state index in [-0.39, 0.29) is 29.6 Å². The molecule has 10 heteroatoms. The number of aromatic amines is 1. The number of hydrogen-bond acceptors (Lipinski definition) is 6. The number of ether oxygens (including phenoxy) is 1. The summed E-state index contributed by atoms with van der Waals surface area (Å²) in [7, 11) is 3.07. The lowest BCUT2D eigenvalue weighted by Crippen LogP contribution is -2.27. The largest absolute Gasteiger partial charge is 0.478 e. The third-order valence-corrected chi connectivity index (χ3v) is 5.69. The molecule has 2 amide bonds. The van der Waals surface area contributed by atoms with Crippen LogP contribution in [0.4, 0.5) is 4.39 Å². The molecule has 0 aliphatic carbocycles. The number of pyridine rings is 1. The Morgan fingerprint density at radius 1 is 1.22 bits per heavy atom. The monoisotopic (exact) mass is 486 g/mol. The molecule has 0 unspecified atom stereocenters. The van der Waals surface area contributed by atoms with Gasteiger partial charge in [0.1, 0.15) is 11.5 Å². The molecule has 4 aromatic rings. The van der Waals surface area contributed by atoms with E-state index in [1.807, 2.05) is 0 Å². The molecule has 0 aliphatic heterocycles. The van der Waals surface area contributed by atoms with E-state index >= 15 is 0 Å². The van der Waals surface area contributed by atoms with Gasteiger partial charge in [-0.3, -0.25) is 14.7 Å². The van der Waals surface area contributed by atoms with Gasteiger partial charge < -0.3 is 15.0 Å². The molecule has 0 bridgehead atoms. The van der Waals surface area contributed by atoms with Crippen LogP contribution in [-0.4, -0.2) is 52.6 Å². The Labute approximate surface area is 206 Å². The third kappa shape index (κ3) is 4.59. The minimum absolute atomic E-state index is 0.107. The topological polar surface area (TPSA) is 124 Å². The van der Waals surface area contributed by atoms with Gasteiger partial charge in [0.05, 0.1) is 35.5 Å². The van der Waals surface area contributed by atoms with Crippen molar-refractivity contribution in [2.45, 2.75) is 13.5 Å². The lowest BCUT2D eigenvalue weighted by molar-refractivity contribution is 0.0778. The van der Waals surface area contributed by atoms with E-state index in [9.17, 15) is 19.2 Å². The first-order valence-electron chi connectivity index (χ1n) is 11.1. The highest BCUT2D eigenvalue weighted by atomic mass is 19.1. The van der Waals surface area contributed by atoms with Crippen molar-refractivity contribution < 1.29 is 18.7 Å². The Morgan fingerprint density at radius 2 is 2.03 bits per heavy atom. The average Bonchev–Trinajstić information content (AvgIpc) is 3.39. The van der Waals surface area contributed by atoms with Gasteiger partial charge in [-0.25, -0.2) is 9.37 Å². The number of nitriles is 1. The number of aromatic nitrogens is 3. The number of fused-ring (bicyclic) bond motifs is 1. The van der Waals surface area contributed by atoms with Crippen LogP contribution in [0, 0.1) is 17.1 Å². The minimum atomic E-state index is -0.647. The maximum Gasteiger partial charge on any atom is 0.272 e. The fourth-order valence-electron chi connectivity index (χ4n) is 3.87. The first kappa shape index (κ1) is 24.3. The summed E-state index contributed by atoms with van der Waals surface area (Å²) in [5.41, 5.74) is 3.08. The molecule has 182 valence electrons. The molecule has 0 saturated carbocycles. The second kappa shape index (κ2) is 10.2. The number of nitrogens with one attached hydrogen (secondary N) is 2. The van der Waals surface area contributed by atoms with Crippen molar-refractivity contribution in [2.75, 3.05) is 20.7 Å². The van der Waals surface area contributed by atoms with Crippen LogP contribution < -0.4 is 10.1 Å². The van der Waals surface area contributed by atoms with E-state index in [0.717, 1.165) is 5.56 Å². The smallest absolute Gasteiger partial charge is 0.272 e. The number of H-pyrrole nitrogens is 1. The summed E-state index contributed by atoms with van der Waals surface area (Å²) in [5, 5.41) is 19.3. The molecular formula is C26H23FN6O3. The first-order valence-corrected chi connectivity index (χ1v) is 11.1. The number of nitrogens with zero attached hydrogens (tertiary/aromatic N) is 4. The summed E-state index contributed by atoms with van der Waals surface area (Å²) in [6, 6.07) is 13.0. The van der Waals surface area contributed by atoms with E-state index in [1.54, 1.807) is 44.4 Å². The number of hydrogen-bond donors (Lipinski definition) is 2. The number of halogens is 1. The Hall–Kier alpha value is -4.78. The second-order valence-corrected chi connectivity index (χ2v) is 7.96. The van der Waals surface area contributed by atoms with Gasteiger partial charge in [-0.2, -0.15) is 10.4 Å². The second-order valence-electron chi connectivity index (χ2n) is 7.96. The van der Waals surface area contributed by atoms with Crippen LogP contribution in [0.2, 0.25) is 0 Å². The van der Waals surface area contributed by atoms with E-state index in [1.165, 1.54) is 30.1 Å². The minimum Gasteiger partial charge on any atom is -0.478 e. The normalized spacial score (nSPS) is 10.6. The molecular weight excluding hydrogens is 463 g/mol. The number of benzene rings is 2. The summed E-state index contributed by atoms with van der Waals surface area (Å²) in [5.74, 6) is -1.35. The fraction of sp³-hybridized carbons (Fsp3) is 0.192. The SMILES string of the molecule is CCOc1nc(C(=O)N(C)Cc2ccc(C#N)c3cn[nH]c23)ccc1-c1ccc(F)c(C(=O)NC)c1. The number of rotatable bonds is 7. The van der Waals surface area contributed by atoms with Gasteiger partial charge in [-0.1, -0.05) is 12.1 Å². The quantitative estimate of drug-likeness (QED) is 0.411. The molecule has 9 nitrogen and oxygen atoms in total. The van der Waals surface area contributed by atoms with Crippen LogP contribution in [0.1, 0.15) is 38.9 Å². The zero-order chi connectivity index (χ0) is 25.8. The van der Waals surface area contributed by atoms with E-state index < -0.39 is 11.7 Å². The molecule has 0 saturated heterocycles. The molecule has 0 fully saturated rings. The van der Waals surface area contributed by atoms with Crippen LogP contribution in [0.3, 0.4) is 0 Å². The zero-order valence-corrected chi connectivity index (χ0v) is 19.9. The molecule has 4 rings (SSSR count). The Morgan fingerprint density at radius 3 is 2.75 bits per heavy atom. The van der Waals surface area contributed by atoms with Gasteiger partial charge in [0.15, 0.2) is 0 Å². The molecule has 0 radical (unpaired) electrons. The van der Waals surface area contributed by atoms with E-state index in [2.05, 4.69) is 26.6 Å². The highest BCUT2D eigenvalue weighted by Gasteiger charge is 2.20. The van der Waals surface area contributed by atoms with E-state index in [4.69, 9.17) is 4.74 Å². The molecule has 0 spiro atoms. The zero-order valence-electron chi connectivity index (χ0n) is 19.9. The third-order valence-electron chi connectivity index (χ3n) is 5.69. The van der Waals surface area contributed by atoms with Gasteiger partial charge in [0, 0.05) is 31.6 Å². The van der Waals surface area contributed by atoms with Crippen molar-refractivity contribution in [3.63, 3.8) is 0 Å². The molecule has 36 heavy (non-hydrogen) atoms. The molecule has 2 heterocycles. The molecule has 2 aromatic carbocycles. The van der Waals surface area contributed by atoms with Crippen molar-refractivity contribution in [1.82, 2.24) is 25.4 Å². The summed E-state index contributed by atoms with van der Waals surface area (Å²) < 4.78 is 19.8. The van der Waals surface area contributed by atoms with Crippen molar-refractivity contribution >= 4 is 22.7 Å². The van der Waals surface area contributed by atoms with E-state index in [0.29, 0.717) is 34.2 Å². The van der Waals surface area contributed by atoms with Crippen LogP contribution in [-0.2, 0) is 6.54 Å². The molecule has 0 aliphatic rings. The lowest BCUT2D eigenvalue weighted by Gasteiger charge is -2.18. The van der Waals surface area contributed by atoms with Crippen LogP contribution in [0.5, 0.6) is 5.88 Å². The predicted molar refractivity (Wildman–Crippen MR) is 131 cm³/mol. The Kier molecular flexibility index (Phi) is 6.92. The Balaban J connectivity index is 1.64. The van der Waals surface area contributed by atoms with Gasteiger partial charge in [-0.15, -0.1) is 0 Å². The van der Waals surface area contributed by atoms with Crippen molar-refractivity contribution in [2.24, 2.45) is 0 Å². The molecule has 2 N–H and O–H groups in total. The molecule has 2 aromatic heterocycles. The lowest BCUT2D eigenvalue weighted by atomic mass is 10.0. The molecule has 0 atom stereocenters. The van der Waals surface area contributed by atoms with Gasteiger partial charge in [0.25, 0.3) is 11.8 Å². The van der Waals surface area contributed by atoms with Crippen molar-refractivity contribution in [3.05, 3.63) is 76.9 Å². The summed E-state index contributed by atoms with van der Waals surface area (Å²) >= 11 is 0. The van der Waals surface area contributed by atoms with Gasteiger partial charge in [-0.05, 0) is 48.4 Å². The number of amides is 2. The summed E-state index contributed by atoms with van der Waals surface area (Å²) in [4.78, 5) is 31.2. The predicted octanol–water partition coefficient (Wildman–Crippen LogP) is 3.67.